The third-order valence-electron chi connectivity index (χ3n) is 3.96. The van der Waals surface area contributed by atoms with E-state index in [2.05, 4.69) is 10.6 Å². The molecule has 6 heteroatoms. The van der Waals surface area contributed by atoms with Crippen LogP contribution in [0.5, 0.6) is 17.2 Å². The number of amides is 1. The molecular weight excluding hydrogens is 344 g/mol. The van der Waals surface area contributed by atoms with Crippen LogP contribution >= 0.6 is 0 Å². The highest BCUT2D eigenvalue weighted by Gasteiger charge is 2.13. The van der Waals surface area contributed by atoms with Crippen molar-refractivity contribution < 1.29 is 19.0 Å². The molecule has 2 aromatic carbocycles. The predicted molar refractivity (Wildman–Crippen MR) is 108 cm³/mol. The van der Waals surface area contributed by atoms with Gasteiger partial charge >= 0.3 is 0 Å². The summed E-state index contributed by atoms with van der Waals surface area (Å²) in [6.45, 7) is 4.62. The van der Waals surface area contributed by atoms with E-state index in [1.165, 1.54) is 0 Å². The van der Waals surface area contributed by atoms with Gasteiger partial charge in [0, 0.05) is 24.3 Å². The fourth-order valence-electron chi connectivity index (χ4n) is 2.73. The molecule has 2 aromatic rings. The van der Waals surface area contributed by atoms with Crippen LogP contribution in [-0.4, -0.2) is 27.2 Å². The van der Waals surface area contributed by atoms with Gasteiger partial charge in [-0.25, -0.2) is 0 Å². The van der Waals surface area contributed by atoms with E-state index in [4.69, 9.17) is 14.2 Å². The zero-order valence-corrected chi connectivity index (χ0v) is 16.6. The zero-order chi connectivity index (χ0) is 19.8. The third kappa shape index (κ3) is 5.81. The SMILES string of the molecule is COc1cc(CNc2cccc(NC(=O)CC(C)C)c2)cc(OC)c1OC. The first kappa shape index (κ1) is 20.4. The highest BCUT2D eigenvalue weighted by atomic mass is 16.5. The molecule has 0 aromatic heterocycles. The van der Waals surface area contributed by atoms with E-state index >= 15 is 0 Å². The normalized spacial score (nSPS) is 10.4. The fourth-order valence-corrected chi connectivity index (χ4v) is 2.73. The first-order valence-corrected chi connectivity index (χ1v) is 8.89. The van der Waals surface area contributed by atoms with Gasteiger partial charge in [0.2, 0.25) is 11.7 Å². The van der Waals surface area contributed by atoms with Crippen LogP contribution in [0.25, 0.3) is 0 Å². The van der Waals surface area contributed by atoms with Crippen molar-refractivity contribution >= 4 is 17.3 Å². The molecule has 1 amide bonds. The Bertz CT molecular complexity index is 750. The number of nitrogens with one attached hydrogen (secondary N) is 2. The maximum atomic E-state index is 11.9. The minimum absolute atomic E-state index is 0.0202. The highest BCUT2D eigenvalue weighted by Crippen LogP contribution is 2.38. The molecule has 6 nitrogen and oxygen atoms in total. The molecule has 0 spiro atoms. The van der Waals surface area contributed by atoms with Gasteiger partial charge in [-0.05, 0) is 41.8 Å². The van der Waals surface area contributed by atoms with Crippen LogP contribution in [0.1, 0.15) is 25.8 Å². The van der Waals surface area contributed by atoms with Crippen molar-refractivity contribution in [2.45, 2.75) is 26.8 Å². The number of ether oxygens (including phenoxy) is 3. The number of hydrogen-bond donors (Lipinski definition) is 2. The van der Waals surface area contributed by atoms with Gasteiger partial charge in [0.05, 0.1) is 21.3 Å². The van der Waals surface area contributed by atoms with Crippen LogP contribution in [0, 0.1) is 5.92 Å². The van der Waals surface area contributed by atoms with E-state index in [9.17, 15) is 4.79 Å². The van der Waals surface area contributed by atoms with E-state index < -0.39 is 0 Å². The number of rotatable bonds is 9. The molecule has 0 heterocycles. The summed E-state index contributed by atoms with van der Waals surface area (Å²) >= 11 is 0. The molecule has 0 bridgehead atoms. The summed E-state index contributed by atoms with van der Waals surface area (Å²) in [6, 6.07) is 11.5. The van der Waals surface area contributed by atoms with E-state index in [1.54, 1.807) is 21.3 Å². The van der Waals surface area contributed by atoms with Crippen molar-refractivity contribution in [3.8, 4) is 17.2 Å². The Morgan fingerprint density at radius 2 is 1.59 bits per heavy atom. The number of benzene rings is 2. The lowest BCUT2D eigenvalue weighted by molar-refractivity contribution is -0.116. The molecule has 0 aliphatic rings. The smallest absolute Gasteiger partial charge is 0.224 e. The van der Waals surface area contributed by atoms with Crippen molar-refractivity contribution in [3.63, 3.8) is 0 Å². The minimum atomic E-state index is 0.0202. The van der Waals surface area contributed by atoms with Crippen molar-refractivity contribution in [3.05, 3.63) is 42.0 Å². The first-order chi connectivity index (χ1) is 13.0. The van der Waals surface area contributed by atoms with Gasteiger partial charge in [0.15, 0.2) is 11.5 Å². The van der Waals surface area contributed by atoms with E-state index in [0.29, 0.717) is 36.1 Å². The molecule has 0 radical (unpaired) electrons. The molecule has 27 heavy (non-hydrogen) atoms. The topological polar surface area (TPSA) is 68.8 Å². The summed E-state index contributed by atoms with van der Waals surface area (Å²) in [5.74, 6) is 2.14. The van der Waals surface area contributed by atoms with Crippen LogP contribution in [0.4, 0.5) is 11.4 Å². The summed E-state index contributed by atoms with van der Waals surface area (Å²) in [5.41, 5.74) is 2.67. The second-order valence-corrected chi connectivity index (χ2v) is 6.61. The predicted octanol–water partition coefficient (Wildman–Crippen LogP) is 4.31. The van der Waals surface area contributed by atoms with Gasteiger partial charge in [-0.2, -0.15) is 0 Å². The van der Waals surface area contributed by atoms with E-state index in [0.717, 1.165) is 16.9 Å². The summed E-state index contributed by atoms with van der Waals surface area (Å²) < 4.78 is 16.1. The summed E-state index contributed by atoms with van der Waals surface area (Å²) in [7, 11) is 4.77. The van der Waals surface area contributed by atoms with Crippen molar-refractivity contribution in [2.24, 2.45) is 5.92 Å². The average Bonchev–Trinajstić information content (AvgIpc) is 2.64. The lowest BCUT2D eigenvalue weighted by Crippen LogP contribution is -2.13. The van der Waals surface area contributed by atoms with Crippen LogP contribution in [-0.2, 0) is 11.3 Å². The Labute approximate surface area is 160 Å². The number of methoxy groups -OCH3 is 3. The van der Waals surface area contributed by atoms with Gasteiger partial charge in [-0.3, -0.25) is 4.79 Å². The molecule has 0 atom stereocenters. The highest BCUT2D eigenvalue weighted by molar-refractivity contribution is 5.91. The largest absolute Gasteiger partial charge is 0.493 e. The van der Waals surface area contributed by atoms with E-state index in [1.807, 2.05) is 50.2 Å². The summed E-state index contributed by atoms with van der Waals surface area (Å²) in [5, 5.41) is 6.28. The van der Waals surface area contributed by atoms with E-state index in [-0.39, 0.29) is 5.91 Å². The Hall–Kier alpha value is -2.89. The molecule has 0 aliphatic heterocycles. The van der Waals surface area contributed by atoms with Crippen LogP contribution in [0.2, 0.25) is 0 Å². The fraction of sp³-hybridized carbons (Fsp3) is 0.381. The molecule has 0 saturated carbocycles. The van der Waals surface area contributed by atoms with Crippen LogP contribution in [0.3, 0.4) is 0 Å². The number of carbonyl (C=O) groups is 1. The quantitative estimate of drug-likeness (QED) is 0.686. The lowest BCUT2D eigenvalue weighted by Gasteiger charge is -2.15. The zero-order valence-electron chi connectivity index (χ0n) is 16.6. The maximum absolute atomic E-state index is 11.9. The molecule has 0 fully saturated rings. The first-order valence-electron chi connectivity index (χ1n) is 8.89. The monoisotopic (exact) mass is 372 g/mol. The number of carbonyl (C=O) groups excluding carboxylic acids is 1. The molecule has 0 aliphatic carbocycles. The Morgan fingerprint density at radius 3 is 2.15 bits per heavy atom. The second kappa shape index (κ2) is 9.71. The van der Waals surface area contributed by atoms with Gasteiger partial charge in [-0.1, -0.05) is 19.9 Å². The molecule has 0 saturated heterocycles. The summed E-state index contributed by atoms with van der Waals surface area (Å²) in [6.07, 6.45) is 0.503. The van der Waals surface area contributed by atoms with Gasteiger partial charge in [0.1, 0.15) is 0 Å². The van der Waals surface area contributed by atoms with Gasteiger partial charge in [0.25, 0.3) is 0 Å². The summed E-state index contributed by atoms with van der Waals surface area (Å²) in [4.78, 5) is 11.9. The van der Waals surface area contributed by atoms with Crippen molar-refractivity contribution in [1.29, 1.82) is 0 Å². The van der Waals surface area contributed by atoms with Gasteiger partial charge in [-0.15, -0.1) is 0 Å². The minimum Gasteiger partial charge on any atom is -0.493 e. The molecule has 2 N–H and O–H groups in total. The molecule has 2 rings (SSSR count). The van der Waals surface area contributed by atoms with Crippen molar-refractivity contribution in [1.82, 2.24) is 0 Å². The van der Waals surface area contributed by atoms with Crippen molar-refractivity contribution in [2.75, 3.05) is 32.0 Å². The molecule has 0 unspecified atom stereocenters. The van der Waals surface area contributed by atoms with Crippen LogP contribution < -0.4 is 24.8 Å². The van der Waals surface area contributed by atoms with Crippen LogP contribution in [0.15, 0.2) is 36.4 Å². The second-order valence-electron chi connectivity index (χ2n) is 6.61. The number of anilines is 2. The third-order valence-corrected chi connectivity index (χ3v) is 3.96. The Kier molecular flexibility index (Phi) is 7.34. The standard InChI is InChI=1S/C21H28N2O4/c1-14(2)9-20(24)23-17-8-6-7-16(12-17)22-13-15-10-18(25-3)21(27-5)19(11-15)26-4/h6-8,10-12,14,22H,9,13H2,1-5H3,(H,23,24). The molecular formula is C21H28N2O4. The van der Waals surface area contributed by atoms with Gasteiger partial charge < -0.3 is 24.8 Å². The Morgan fingerprint density at radius 1 is 0.963 bits per heavy atom. The lowest BCUT2D eigenvalue weighted by atomic mass is 10.1. The maximum Gasteiger partial charge on any atom is 0.224 e. The molecule has 146 valence electrons. The Balaban J connectivity index is 2.08. The number of hydrogen-bond acceptors (Lipinski definition) is 5. The average molecular weight is 372 g/mol.